The molecule has 3 N–H and O–H groups in total. The zero-order valence-corrected chi connectivity index (χ0v) is 12.7. The Morgan fingerprint density at radius 1 is 1.17 bits per heavy atom. The van der Waals surface area contributed by atoms with E-state index in [1.807, 2.05) is 24.3 Å². The van der Waals surface area contributed by atoms with Crippen molar-refractivity contribution in [1.82, 2.24) is 5.32 Å². The van der Waals surface area contributed by atoms with Gasteiger partial charge in [0.1, 0.15) is 18.2 Å². The summed E-state index contributed by atoms with van der Waals surface area (Å²) in [6, 6.07) is 14.1. The van der Waals surface area contributed by atoms with Crippen molar-refractivity contribution in [1.29, 1.82) is 0 Å². The largest absolute Gasteiger partial charge is 0.489 e. The van der Waals surface area contributed by atoms with Gasteiger partial charge in [0.25, 0.3) is 0 Å². The lowest BCUT2D eigenvalue weighted by atomic mass is 10.1. The fourth-order valence-corrected chi connectivity index (χ4v) is 2.80. The number of carbonyl (C=O) groups is 1. The van der Waals surface area contributed by atoms with E-state index in [0.717, 1.165) is 18.4 Å². The number of rotatable bonds is 5. The Kier molecular flexibility index (Phi) is 4.57. The zero-order valence-electron chi connectivity index (χ0n) is 12.7. The molecular weight excluding hydrogens is 295 g/mol. The van der Waals surface area contributed by atoms with Crippen molar-refractivity contribution >= 4 is 5.91 Å². The average Bonchev–Trinajstić information content (AvgIpc) is 3.05. The molecule has 1 saturated heterocycles. The first-order chi connectivity index (χ1) is 11.1. The highest BCUT2D eigenvalue weighted by Gasteiger charge is 2.28. The molecule has 1 heterocycles. The Morgan fingerprint density at radius 2 is 1.91 bits per heavy atom. The number of halogens is 1. The van der Waals surface area contributed by atoms with Gasteiger partial charge in [0.15, 0.2) is 0 Å². The van der Waals surface area contributed by atoms with Gasteiger partial charge < -0.3 is 10.5 Å². The number of benzene rings is 2. The Hall–Kier alpha value is -2.40. The highest BCUT2D eigenvalue weighted by atomic mass is 19.1. The van der Waals surface area contributed by atoms with E-state index in [-0.39, 0.29) is 30.4 Å². The molecule has 1 aliphatic rings. The van der Waals surface area contributed by atoms with E-state index in [2.05, 4.69) is 5.32 Å². The van der Waals surface area contributed by atoms with Crippen LogP contribution >= 0.6 is 0 Å². The van der Waals surface area contributed by atoms with Crippen molar-refractivity contribution < 1.29 is 13.9 Å². The van der Waals surface area contributed by atoms with Gasteiger partial charge in [-0.15, -0.1) is 0 Å². The number of nitrogens with one attached hydrogen (secondary N) is 1. The van der Waals surface area contributed by atoms with Crippen LogP contribution in [0.25, 0.3) is 0 Å². The number of hydrogen-bond donors (Lipinski definition) is 2. The minimum atomic E-state index is -0.308. The molecule has 1 fully saturated rings. The molecule has 0 bridgehead atoms. The van der Waals surface area contributed by atoms with Crippen LogP contribution in [0.15, 0.2) is 48.5 Å². The third kappa shape index (κ3) is 3.68. The van der Waals surface area contributed by atoms with Crippen LogP contribution in [0, 0.1) is 5.82 Å². The predicted octanol–water partition coefficient (Wildman–Crippen LogP) is 2.68. The van der Waals surface area contributed by atoms with Crippen LogP contribution in [0.3, 0.4) is 0 Å². The van der Waals surface area contributed by atoms with E-state index in [4.69, 9.17) is 10.5 Å². The van der Waals surface area contributed by atoms with E-state index < -0.39 is 0 Å². The maximum atomic E-state index is 13.5. The zero-order chi connectivity index (χ0) is 16.2. The van der Waals surface area contributed by atoms with Crippen molar-refractivity contribution in [3.63, 3.8) is 0 Å². The van der Waals surface area contributed by atoms with Crippen LogP contribution in [0.1, 0.15) is 30.0 Å². The highest BCUT2D eigenvalue weighted by molar-refractivity contribution is 5.80. The van der Waals surface area contributed by atoms with Gasteiger partial charge in [0.05, 0.1) is 6.04 Å². The molecule has 0 aromatic heterocycles. The van der Waals surface area contributed by atoms with E-state index in [9.17, 15) is 9.18 Å². The highest BCUT2D eigenvalue weighted by Crippen LogP contribution is 2.28. The molecule has 5 heteroatoms. The third-order valence-electron chi connectivity index (χ3n) is 4.12. The maximum absolute atomic E-state index is 13.5. The van der Waals surface area contributed by atoms with Gasteiger partial charge >= 0.3 is 0 Å². The van der Waals surface area contributed by atoms with E-state index in [1.54, 1.807) is 18.2 Å². The molecule has 0 spiro atoms. The Balaban J connectivity index is 1.59. The van der Waals surface area contributed by atoms with Crippen molar-refractivity contribution in [2.75, 3.05) is 0 Å². The maximum Gasteiger partial charge on any atom is 0.234 e. The molecule has 1 amide bonds. The second kappa shape index (κ2) is 6.79. The molecule has 0 saturated carbocycles. The molecule has 0 aliphatic carbocycles. The summed E-state index contributed by atoms with van der Waals surface area (Å²) in [6.45, 7) is 0.192. The number of primary amides is 1. The van der Waals surface area contributed by atoms with Crippen molar-refractivity contribution in [3.8, 4) is 5.75 Å². The molecule has 23 heavy (non-hydrogen) atoms. The number of carbonyl (C=O) groups excluding carboxylic acids is 1. The lowest BCUT2D eigenvalue weighted by Gasteiger charge is -2.13. The molecule has 120 valence electrons. The fourth-order valence-electron chi connectivity index (χ4n) is 2.80. The molecular formula is C18H19FN2O2. The molecule has 2 atom stereocenters. The summed E-state index contributed by atoms with van der Waals surface area (Å²) in [5, 5.41) is 3.23. The molecule has 0 radical (unpaired) electrons. The van der Waals surface area contributed by atoms with Crippen LogP contribution in [0.2, 0.25) is 0 Å². The first kappa shape index (κ1) is 15.5. The number of nitrogens with two attached hydrogens (primary N) is 1. The van der Waals surface area contributed by atoms with Crippen LogP contribution in [-0.4, -0.2) is 11.9 Å². The van der Waals surface area contributed by atoms with Crippen molar-refractivity contribution in [3.05, 3.63) is 65.5 Å². The first-order valence-electron chi connectivity index (χ1n) is 7.65. The van der Waals surface area contributed by atoms with Gasteiger partial charge in [-0.3, -0.25) is 10.1 Å². The van der Waals surface area contributed by atoms with Crippen LogP contribution in [0.4, 0.5) is 4.39 Å². The van der Waals surface area contributed by atoms with Gasteiger partial charge in [0, 0.05) is 11.6 Å². The van der Waals surface area contributed by atoms with Crippen LogP contribution in [-0.2, 0) is 11.4 Å². The third-order valence-corrected chi connectivity index (χ3v) is 4.12. The van der Waals surface area contributed by atoms with Gasteiger partial charge in [-0.05, 0) is 36.6 Å². The smallest absolute Gasteiger partial charge is 0.234 e. The summed E-state index contributed by atoms with van der Waals surface area (Å²) in [6.07, 6.45) is 1.63. The summed E-state index contributed by atoms with van der Waals surface area (Å²) in [5.41, 5.74) is 6.93. The molecule has 4 nitrogen and oxygen atoms in total. The molecule has 2 aromatic rings. The normalized spacial score (nSPS) is 20.4. The number of amides is 1. The second-order valence-corrected chi connectivity index (χ2v) is 5.70. The van der Waals surface area contributed by atoms with Gasteiger partial charge in [0.2, 0.25) is 5.91 Å². The van der Waals surface area contributed by atoms with Gasteiger partial charge in [-0.25, -0.2) is 4.39 Å². The van der Waals surface area contributed by atoms with E-state index in [0.29, 0.717) is 11.3 Å². The molecule has 1 aliphatic heterocycles. The number of hydrogen-bond acceptors (Lipinski definition) is 3. The average molecular weight is 314 g/mol. The molecule has 3 rings (SSSR count). The quantitative estimate of drug-likeness (QED) is 0.892. The minimum Gasteiger partial charge on any atom is -0.489 e. The van der Waals surface area contributed by atoms with Crippen LogP contribution < -0.4 is 15.8 Å². The summed E-state index contributed by atoms with van der Waals surface area (Å²) >= 11 is 0. The second-order valence-electron chi connectivity index (χ2n) is 5.70. The van der Waals surface area contributed by atoms with Crippen LogP contribution in [0.5, 0.6) is 5.75 Å². The fraction of sp³-hybridized carbons (Fsp3) is 0.278. The standard InChI is InChI=1S/C18H19FN2O2/c19-15-4-2-1-3-13(15)11-23-14-7-5-12(6-8-14)16-9-10-17(21-16)18(20)22/h1-8,16-17,21H,9-11H2,(H2,20,22)/t16-,17-/m1/s1. The number of ether oxygens (including phenoxy) is 1. The summed E-state index contributed by atoms with van der Waals surface area (Å²) in [4.78, 5) is 11.2. The van der Waals surface area contributed by atoms with E-state index >= 15 is 0 Å². The Morgan fingerprint density at radius 3 is 2.57 bits per heavy atom. The van der Waals surface area contributed by atoms with Crippen molar-refractivity contribution in [2.45, 2.75) is 31.5 Å². The lowest BCUT2D eigenvalue weighted by molar-refractivity contribution is -0.119. The molecule has 2 aromatic carbocycles. The summed E-state index contributed by atoms with van der Waals surface area (Å²) in [7, 11) is 0. The van der Waals surface area contributed by atoms with Crippen molar-refractivity contribution in [2.24, 2.45) is 5.73 Å². The Bertz CT molecular complexity index is 688. The van der Waals surface area contributed by atoms with Gasteiger partial charge in [-0.1, -0.05) is 30.3 Å². The van der Waals surface area contributed by atoms with E-state index in [1.165, 1.54) is 6.07 Å². The topological polar surface area (TPSA) is 64.4 Å². The lowest BCUT2D eigenvalue weighted by Crippen LogP contribution is -2.37. The summed E-state index contributed by atoms with van der Waals surface area (Å²) < 4.78 is 19.2. The monoisotopic (exact) mass is 314 g/mol. The summed E-state index contributed by atoms with van der Waals surface area (Å²) in [5.74, 6) is 0.107. The minimum absolute atomic E-state index is 0.133. The Labute approximate surface area is 134 Å². The predicted molar refractivity (Wildman–Crippen MR) is 85.3 cm³/mol. The van der Waals surface area contributed by atoms with Gasteiger partial charge in [-0.2, -0.15) is 0 Å². The SMILES string of the molecule is NC(=O)[C@H]1CC[C@H](c2ccc(OCc3ccccc3F)cc2)N1. The molecule has 0 unspecified atom stereocenters. The first-order valence-corrected chi connectivity index (χ1v) is 7.65.